The molecule has 1 amide bonds. The monoisotopic (exact) mass is 519 g/mol. The SMILES string of the molecule is Cc1cc(C2CC(C(=O)N3CCN(Cc4ccccc4)CC3)CN(Cc3ccccc3Cl)C2)ccc1F. The standard InChI is InChI=1S/C31H35ClFN3O/c1-23-17-25(11-12-30(23)33)27-18-28(22-35(21-27)20-26-9-5-6-10-29(26)32)31(37)36-15-13-34(14-16-36)19-24-7-3-2-4-8-24/h2-12,17,27-28H,13-16,18-22H2,1H3. The highest BCUT2D eigenvalue weighted by Crippen LogP contribution is 2.34. The van der Waals surface area contributed by atoms with E-state index in [1.165, 1.54) is 5.56 Å². The highest BCUT2D eigenvalue weighted by molar-refractivity contribution is 6.31. The minimum absolute atomic E-state index is 0.0905. The number of nitrogens with zero attached hydrogens (tertiary/aromatic N) is 3. The first kappa shape index (κ1) is 25.9. The van der Waals surface area contributed by atoms with E-state index < -0.39 is 0 Å². The molecule has 2 fully saturated rings. The van der Waals surface area contributed by atoms with Crippen molar-refractivity contribution < 1.29 is 9.18 Å². The molecular formula is C31H35ClFN3O. The number of halogens is 2. The summed E-state index contributed by atoms with van der Waals surface area (Å²) in [4.78, 5) is 20.6. The average Bonchev–Trinajstić information content (AvgIpc) is 2.92. The molecule has 0 bridgehead atoms. The smallest absolute Gasteiger partial charge is 0.227 e. The number of carbonyl (C=O) groups is 1. The van der Waals surface area contributed by atoms with Gasteiger partial charge in [-0.25, -0.2) is 4.39 Å². The first-order chi connectivity index (χ1) is 18.0. The van der Waals surface area contributed by atoms with Gasteiger partial charge in [0.2, 0.25) is 5.91 Å². The summed E-state index contributed by atoms with van der Waals surface area (Å²) in [6.07, 6.45) is 0.785. The number of rotatable bonds is 6. The topological polar surface area (TPSA) is 26.8 Å². The van der Waals surface area contributed by atoms with Crippen LogP contribution >= 0.6 is 11.6 Å². The predicted octanol–water partition coefficient (Wildman–Crippen LogP) is 5.74. The van der Waals surface area contributed by atoms with E-state index in [0.29, 0.717) is 18.7 Å². The van der Waals surface area contributed by atoms with Crippen molar-refractivity contribution in [3.05, 3.63) is 106 Å². The average molecular weight is 520 g/mol. The molecule has 2 saturated heterocycles. The summed E-state index contributed by atoms with van der Waals surface area (Å²) >= 11 is 6.48. The summed E-state index contributed by atoms with van der Waals surface area (Å²) in [6, 6.07) is 23.8. The van der Waals surface area contributed by atoms with Crippen LogP contribution in [0.4, 0.5) is 4.39 Å². The lowest BCUT2D eigenvalue weighted by Gasteiger charge is -2.41. The lowest BCUT2D eigenvalue weighted by molar-refractivity contribution is -0.139. The van der Waals surface area contributed by atoms with Crippen LogP contribution in [0.1, 0.15) is 34.6 Å². The fourth-order valence-electron chi connectivity index (χ4n) is 5.76. The second kappa shape index (κ2) is 11.8. The highest BCUT2D eigenvalue weighted by Gasteiger charge is 2.35. The second-order valence-electron chi connectivity index (χ2n) is 10.5. The van der Waals surface area contributed by atoms with Gasteiger partial charge in [0.25, 0.3) is 0 Å². The zero-order valence-corrected chi connectivity index (χ0v) is 22.2. The predicted molar refractivity (Wildman–Crippen MR) is 147 cm³/mol. The molecule has 0 spiro atoms. The Bertz CT molecular complexity index is 1210. The minimum Gasteiger partial charge on any atom is -0.340 e. The maximum atomic E-state index is 14.0. The van der Waals surface area contributed by atoms with E-state index in [-0.39, 0.29) is 23.6 Å². The van der Waals surface area contributed by atoms with Gasteiger partial charge in [0.15, 0.2) is 0 Å². The Morgan fingerprint density at radius 3 is 2.35 bits per heavy atom. The molecule has 3 aromatic rings. The number of aryl methyl sites for hydroxylation is 1. The van der Waals surface area contributed by atoms with Crippen LogP contribution in [-0.2, 0) is 17.9 Å². The number of piperidine rings is 1. The van der Waals surface area contributed by atoms with Gasteiger partial charge in [-0.1, -0.05) is 72.3 Å². The Labute approximate surface area is 224 Å². The van der Waals surface area contributed by atoms with E-state index in [9.17, 15) is 9.18 Å². The number of carbonyl (C=O) groups excluding carboxylic acids is 1. The lowest BCUT2D eigenvalue weighted by atomic mass is 9.83. The van der Waals surface area contributed by atoms with Crippen LogP contribution in [-0.4, -0.2) is 59.9 Å². The summed E-state index contributed by atoms with van der Waals surface area (Å²) in [5, 5.41) is 0.750. The molecule has 2 unspecified atom stereocenters. The number of hydrogen-bond donors (Lipinski definition) is 0. The molecular weight excluding hydrogens is 485 g/mol. The van der Waals surface area contributed by atoms with Crippen molar-refractivity contribution in [1.29, 1.82) is 0 Å². The maximum absolute atomic E-state index is 14.0. The summed E-state index contributed by atoms with van der Waals surface area (Å²) in [5.74, 6) is 0.136. The molecule has 0 radical (unpaired) electrons. The van der Waals surface area contributed by atoms with Gasteiger partial charge in [-0.15, -0.1) is 0 Å². The summed E-state index contributed by atoms with van der Waals surface area (Å²) < 4.78 is 14.0. The molecule has 2 aliphatic heterocycles. The largest absolute Gasteiger partial charge is 0.340 e. The quantitative estimate of drug-likeness (QED) is 0.415. The van der Waals surface area contributed by atoms with Crippen LogP contribution in [0.3, 0.4) is 0 Å². The van der Waals surface area contributed by atoms with Crippen LogP contribution in [0, 0.1) is 18.7 Å². The number of likely N-dealkylation sites (tertiary alicyclic amines) is 1. The van der Waals surface area contributed by atoms with Crippen molar-refractivity contribution in [3.63, 3.8) is 0 Å². The molecule has 0 aromatic heterocycles. The summed E-state index contributed by atoms with van der Waals surface area (Å²) in [7, 11) is 0. The molecule has 2 aliphatic rings. The van der Waals surface area contributed by atoms with Gasteiger partial charge in [0.1, 0.15) is 5.82 Å². The molecule has 2 atom stereocenters. The van der Waals surface area contributed by atoms with Gasteiger partial charge >= 0.3 is 0 Å². The normalized spacial score (nSPS) is 21.2. The number of amides is 1. The number of piperazine rings is 1. The number of hydrogen-bond acceptors (Lipinski definition) is 3. The molecule has 0 N–H and O–H groups in total. The van der Waals surface area contributed by atoms with Crippen LogP contribution in [0.2, 0.25) is 5.02 Å². The van der Waals surface area contributed by atoms with Gasteiger partial charge in [0.05, 0.1) is 5.92 Å². The summed E-state index contributed by atoms with van der Waals surface area (Å²) in [5.41, 5.74) is 4.13. The van der Waals surface area contributed by atoms with Crippen LogP contribution in [0.5, 0.6) is 0 Å². The molecule has 0 saturated carbocycles. The van der Waals surface area contributed by atoms with Crippen molar-refractivity contribution in [2.75, 3.05) is 39.3 Å². The van der Waals surface area contributed by atoms with E-state index >= 15 is 0 Å². The van der Waals surface area contributed by atoms with E-state index in [1.807, 2.05) is 36.4 Å². The van der Waals surface area contributed by atoms with Gasteiger partial charge in [-0.2, -0.15) is 0 Å². The van der Waals surface area contributed by atoms with Crippen molar-refractivity contribution in [3.8, 4) is 0 Å². The Morgan fingerprint density at radius 1 is 0.892 bits per heavy atom. The first-order valence-electron chi connectivity index (χ1n) is 13.2. The fraction of sp³-hybridized carbons (Fsp3) is 0.387. The van der Waals surface area contributed by atoms with Gasteiger partial charge in [-0.3, -0.25) is 14.6 Å². The molecule has 4 nitrogen and oxygen atoms in total. The van der Waals surface area contributed by atoms with Crippen molar-refractivity contribution in [1.82, 2.24) is 14.7 Å². The van der Waals surface area contributed by atoms with Gasteiger partial charge in [-0.05, 0) is 53.6 Å². The first-order valence-corrected chi connectivity index (χ1v) is 13.6. The highest BCUT2D eigenvalue weighted by atomic mass is 35.5. The van der Waals surface area contributed by atoms with E-state index in [0.717, 1.165) is 61.8 Å². The molecule has 37 heavy (non-hydrogen) atoms. The summed E-state index contributed by atoms with van der Waals surface area (Å²) in [6.45, 7) is 8.25. The third-order valence-corrected chi connectivity index (χ3v) is 8.18. The fourth-order valence-corrected chi connectivity index (χ4v) is 5.95. The molecule has 6 heteroatoms. The number of benzene rings is 3. The van der Waals surface area contributed by atoms with Crippen molar-refractivity contribution in [2.24, 2.45) is 5.92 Å². The van der Waals surface area contributed by atoms with Crippen LogP contribution in [0.25, 0.3) is 0 Å². The lowest BCUT2D eigenvalue weighted by Crippen LogP contribution is -2.53. The Kier molecular flexibility index (Phi) is 8.23. The molecule has 3 aromatic carbocycles. The zero-order valence-electron chi connectivity index (χ0n) is 21.5. The third-order valence-electron chi connectivity index (χ3n) is 7.81. The Balaban J connectivity index is 1.28. The zero-order chi connectivity index (χ0) is 25.8. The molecule has 0 aliphatic carbocycles. The van der Waals surface area contributed by atoms with Gasteiger partial charge < -0.3 is 4.90 Å². The molecule has 194 valence electrons. The van der Waals surface area contributed by atoms with E-state index in [2.05, 4.69) is 45.0 Å². The Hall–Kier alpha value is -2.73. The Morgan fingerprint density at radius 2 is 1.62 bits per heavy atom. The van der Waals surface area contributed by atoms with E-state index in [4.69, 9.17) is 11.6 Å². The minimum atomic E-state index is -0.187. The van der Waals surface area contributed by atoms with Crippen LogP contribution < -0.4 is 0 Å². The third kappa shape index (κ3) is 6.40. The van der Waals surface area contributed by atoms with E-state index in [1.54, 1.807) is 13.0 Å². The molecule has 5 rings (SSSR count). The van der Waals surface area contributed by atoms with Crippen LogP contribution in [0.15, 0.2) is 72.8 Å². The van der Waals surface area contributed by atoms with Crippen molar-refractivity contribution in [2.45, 2.75) is 32.4 Å². The second-order valence-corrected chi connectivity index (χ2v) is 10.9. The molecule has 2 heterocycles. The van der Waals surface area contributed by atoms with Crippen molar-refractivity contribution >= 4 is 17.5 Å². The van der Waals surface area contributed by atoms with Gasteiger partial charge in [0, 0.05) is 57.4 Å². The maximum Gasteiger partial charge on any atom is 0.227 e.